The Morgan fingerprint density at radius 3 is 2.26 bits per heavy atom. The van der Waals surface area contributed by atoms with Crippen LogP contribution in [0.15, 0.2) is 6.07 Å². The zero-order valence-electron chi connectivity index (χ0n) is 9.72. The topological polar surface area (TPSA) is 48.4 Å². The predicted octanol–water partition coefficient (Wildman–Crippen LogP) is 2.83. The molecule has 0 radical (unpaired) electrons. The Labute approximate surface area is 104 Å². The number of methoxy groups -OCH3 is 2. The molecule has 0 bridgehead atoms. The number of alkyl halides is 5. The summed E-state index contributed by atoms with van der Waals surface area (Å²) in [6.45, 7) is 0. The molecule has 0 aliphatic rings. The molecule has 1 aromatic rings. The number of carbonyl (C=O) groups is 1. The van der Waals surface area contributed by atoms with E-state index in [2.05, 4.69) is 14.5 Å². The summed E-state index contributed by atoms with van der Waals surface area (Å²) in [6.07, 6.45) is -8.30. The molecule has 19 heavy (non-hydrogen) atoms. The van der Waals surface area contributed by atoms with Crippen LogP contribution in [0.3, 0.4) is 0 Å². The number of rotatable bonds is 3. The molecule has 1 rings (SSSR count). The van der Waals surface area contributed by atoms with Gasteiger partial charge in [0.15, 0.2) is 11.4 Å². The van der Waals surface area contributed by atoms with Gasteiger partial charge >= 0.3 is 12.1 Å². The summed E-state index contributed by atoms with van der Waals surface area (Å²) in [6, 6.07) is 0.505. The second-order valence-corrected chi connectivity index (χ2v) is 3.27. The summed E-state index contributed by atoms with van der Waals surface area (Å²) in [5.41, 5.74) is -3.65. The molecule has 0 unspecified atom stereocenters. The fourth-order valence-electron chi connectivity index (χ4n) is 1.33. The lowest BCUT2D eigenvalue weighted by atomic mass is 10.1. The van der Waals surface area contributed by atoms with Gasteiger partial charge in [-0.25, -0.2) is 18.6 Å². The van der Waals surface area contributed by atoms with Gasteiger partial charge in [0.25, 0.3) is 6.43 Å². The number of hydrogen-bond donors (Lipinski definition) is 0. The molecule has 4 nitrogen and oxygen atoms in total. The molecule has 1 aromatic heterocycles. The molecule has 106 valence electrons. The zero-order chi connectivity index (χ0) is 14.8. The number of pyridine rings is 1. The molecule has 9 heteroatoms. The lowest BCUT2D eigenvalue weighted by Gasteiger charge is -2.15. The summed E-state index contributed by atoms with van der Waals surface area (Å²) in [4.78, 5) is 14.1. The van der Waals surface area contributed by atoms with Gasteiger partial charge in [0.2, 0.25) is 0 Å². The van der Waals surface area contributed by atoms with Gasteiger partial charge in [-0.05, 0) is 6.07 Å². The van der Waals surface area contributed by atoms with Crippen LogP contribution in [0, 0.1) is 0 Å². The fourth-order valence-corrected chi connectivity index (χ4v) is 1.33. The van der Waals surface area contributed by atoms with Gasteiger partial charge in [0, 0.05) is 0 Å². The quantitative estimate of drug-likeness (QED) is 0.633. The first-order valence-electron chi connectivity index (χ1n) is 4.75. The number of ether oxygens (including phenoxy) is 2. The van der Waals surface area contributed by atoms with Gasteiger partial charge < -0.3 is 9.47 Å². The molecular weight excluding hydrogens is 277 g/mol. The summed E-state index contributed by atoms with van der Waals surface area (Å²) in [5.74, 6) is -2.37. The van der Waals surface area contributed by atoms with Gasteiger partial charge in [-0.1, -0.05) is 0 Å². The van der Waals surface area contributed by atoms with E-state index in [4.69, 9.17) is 0 Å². The number of nitrogens with zero attached hydrogens (tertiary/aromatic N) is 1. The summed E-state index contributed by atoms with van der Waals surface area (Å²) in [5, 5.41) is 0. The second kappa shape index (κ2) is 5.37. The van der Waals surface area contributed by atoms with E-state index in [1.165, 1.54) is 0 Å². The van der Waals surface area contributed by atoms with Gasteiger partial charge in [-0.2, -0.15) is 13.2 Å². The molecule has 0 N–H and O–H groups in total. The van der Waals surface area contributed by atoms with Crippen molar-refractivity contribution in [3.8, 4) is 5.75 Å². The average Bonchev–Trinajstić information content (AvgIpc) is 2.34. The van der Waals surface area contributed by atoms with Crippen LogP contribution < -0.4 is 4.74 Å². The molecule has 0 aromatic carbocycles. The Morgan fingerprint density at radius 2 is 1.89 bits per heavy atom. The first-order valence-corrected chi connectivity index (χ1v) is 4.75. The van der Waals surface area contributed by atoms with E-state index < -0.39 is 41.3 Å². The highest BCUT2D eigenvalue weighted by Crippen LogP contribution is 2.40. The van der Waals surface area contributed by atoms with Crippen molar-refractivity contribution < 1.29 is 36.2 Å². The van der Waals surface area contributed by atoms with Crippen molar-refractivity contribution in [2.24, 2.45) is 0 Å². The van der Waals surface area contributed by atoms with Crippen molar-refractivity contribution >= 4 is 5.97 Å². The SMILES string of the molecule is COC(=O)c1cc(C(F)F)c(OC)c(C(F)(F)F)n1. The minimum atomic E-state index is -5.04. The second-order valence-electron chi connectivity index (χ2n) is 3.27. The van der Waals surface area contributed by atoms with Gasteiger partial charge in [-0.3, -0.25) is 0 Å². The van der Waals surface area contributed by atoms with Crippen molar-refractivity contribution in [2.75, 3.05) is 14.2 Å². The largest absolute Gasteiger partial charge is 0.494 e. The average molecular weight is 285 g/mol. The third-order valence-electron chi connectivity index (χ3n) is 2.10. The molecular formula is C10H8F5NO3. The van der Waals surface area contributed by atoms with Crippen LogP contribution in [-0.2, 0) is 10.9 Å². The summed E-state index contributed by atoms with van der Waals surface area (Å²) < 4.78 is 71.9. The van der Waals surface area contributed by atoms with Gasteiger partial charge in [0.05, 0.1) is 19.8 Å². The number of hydrogen-bond acceptors (Lipinski definition) is 4. The van der Waals surface area contributed by atoms with Crippen LogP contribution in [0.1, 0.15) is 28.2 Å². The highest BCUT2D eigenvalue weighted by molar-refractivity contribution is 5.87. The van der Waals surface area contributed by atoms with Crippen LogP contribution in [0.25, 0.3) is 0 Å². The van der Waals surface area contributed by atoms with E-state index in [1.54, 1.807) is 0 Å². The minimum Gasteiger partial charge on any atom is -0.494 e. The van der Waals surface area contributed by atoms with Crippen LogP contribution in [0.2, 0.25) is 0 Å². The van der Waals surface area contributed by atoms with E-state index in [9.17, 15) is 26.7 Å². The Morgan fingerprint density at radius 1 is 1.32 bits per heavy atom. The fraction of sp³-hybridized carbons (Fsp3) is 0.400. The Kier molecular flexibility index (Phi) is 4.28. The summed E-state index contributed by atoms with van der Waals surface area (Å²) in [7, 11) is 1.69. The van der Waals surface area contributed by atoms with Gasteiger partial charge in [-0.15, -0.1) is 0 Å². The Balaban J connectivity index is 3.59. The van der Waals surface area contributed by atoms with E-state index in [-0.39, 0.29) is 0 Å². The molecule has 0 atom stereocenters. The monoisotopic (exact) mass is 285 g/mol. The molecule has 0 aliphatic heterocycles. The normalized spacial score (nSPS) is 11.6. The van der Waals surface area contributed by atoms with E-state index in [1.807, 2.05) is 0 Å². The highest BCUT2D eigenvalue weighted by Gasteiger charge is 2.40. The number of carbonyl (C=O) groups excluding carboxylic acids is 1. The van der Waals surface area contributed by atoms with E-state index in [0.29, 0.717) is 6.07 Å². The maximum absolute atomic E-state index is 12.7. The minimum absolute atomic E-state index is 0.505. The highest BCUT2D eigenvalue weighted by atomic mass is 19.4. The summed E-state index contributed by atoms with van der Waals surface area (Å²) >= 11 is 0. The maximum atomic E-state index is 12.7. The van der Waals surface area contributed by atoms with Gasteiger partial charge in [0.1, 0.15) is 5.69 Å². The maximum Gasteiger partial charge on any atom is 0.437 e. The molecule has 0 spiro atoms. The van der Waals surface area contributed by atoms with E-state index in [0.717, 1.165) is 14.2 Å². The number of esters is 1. The van der Waals surface area contributed by atoms with Crippen LogP contribution in [-0.4, -0.2) is 25.2 Å². The van der Waals surface area contributed by atoms with Crippen molar-refractivity contribution in [2.45, 2.75) is 12.6 Å². The van der Waals surface area contributed by atoms with Crippen molar-refractivity contribution in [3.63, 3.8) is 0 Å². The van der Waals surface area contributed by atoms with Crippen molar-refractivity contribution in [3.05, 3.63) is 23.0 Å². The molecule has 0 fully saturated rings. The lowest BCUT2D eigenvalue weighted by Crippen LogP contribution is -2.16. The Hall–Kier alpha value is -1.93. The Bertz CT molecular complexity index is 487. The van der Waals surface area contributed by atoms with E-state index >= 15 is 0 Å². The number of halogens is 5. The third-order valence-corrected chi connectivity index (χ3v) is 2.10. The zero-order valence-corrected chi connectivity index (χ0v) is 9.72. The lowest BCUT2D eigenvalue weighted by molar-refractivity contribution is -0.142. The molecule has 0 saturated heterocycles. The molecule has 0 amide bonds. The molecule has 0 saturated carbocycles. The molecule has 0 aliphatic carbocycles. The van der Waals surface area contributed by atoms with Crippen LogP contribution >= 0.6 is 0 Å². The smallest absolute Gasteiger partial charge is 0.437 e. The molecule has 1 heterocycles. The van der Waals surface area contributed by atoms with Crippen LogP contribution in [0.5, 0.6) is 5.75 Å². The third kappa shape index (κ3) is 3.09. The first kappa shape index (κ1) is 15.1. The standard InChI is InChI=1S/C10H8F5NO3/c1-18-6-4(8(11)12)3-5(9(17)19-2)16-7(6)10(13,14)15/h3,8H,1-2H3. The predicted molar refractivity (Wildman–Crippen MR) is 52.1 cm³/mol. The first-order chi connectivity index (χ1) is 8.72. The van der Waals surface area contributed by atoms with Crippen molar-refractivity contribution in [1.82, 2.24) is 4.98 Å². The van der Waals surface area contributed by atoms with Crippen LogP contribution in [0.4, 0.5) is 22.0 Å². The van der Waals surface area contributed by atoms with Crippen molar-refractivity contribution in [1.29, 1.82) is 0 Å². The number of aromatic nitrogens is 1.